The molecule has 1 aromatic heterocycles. The average molecular weight is 389 g/mol. The summed E-state index contributed by atoms with van der Waals surface area (Å²) in [6, 6.07) is 4.90. The summed E-state index contributed by atoms with van der Waals surface area (Å²) in [5, 5.41) is 19.9. The van der Waals surface area contributed by atoms with Crippen LogP contribution in [0.15, 0.2) is 34.6 Å². The number of hydrogen-bond donors (Lipinski definition) is 0. The Bertz CT molecular complexity index is 832. The van der Waals surface area contributed by atoms with Gasteiger partial charge >= 0.3 is 0 Å². The number of hydrogen-bond acceptors (Lipinski definition) is 6. The molecule has 0 aliphatic heterocycles. The van der Waals surface area contributed by atoms with Gasteiger partial charge < -0.3 is 9.47 Å². The third-order valence-electron chi connectivity index (χ3n) is 4.89. The van der Waals surface area contributed by atoms with Crippen LogP contribution in [0, 0.1) is 10.1 Å². The van der Waals surface area contributed by atoms with Crippen LogP contribution in [0.3, 0.4) is 0 Å². The summed E-state index contributed by atoms with van der Waals surface area (Å²) < 4.78 is 1.69. The van der Waals surface area contributed by atoms with Crippen LogP contribution in [0.25, 0.3) is 0 Å². The van der Waals surface area contributed by atoms with Gasteiger partial charge in [-0.25, -0.2) is 0 Å². The minimum absolute atomic E-state index is 0.0893. The van der Waals surface area contributed by atoms with Crippen LogP contribution in [0.5, 0.6) is 0 Å². The molecule has 1 fully saturated rings. The predicted octanol–water partition coefficient (Wildman–Crippen LogP) is 3.67. The molecule has 0 radical (unpaired) electrons. The summed E-state index contributed by atoms with van der Waals surface area (Å²) in [6.07, 6.45) is 7.00. The lowest BCUT2D eigenvalue weighted by Gasteiger charge is -2.33. The molecule has 2 aromatic rings. The van der Waals surface area contributed by atoms with E-state index in [4.69, 9.17) is 0 Å². The summed E-state index contributed by atoms with van der Waals surface area (Å²) in [6.45, 7) is 2.56. The van der Waals surface area contributed by atoms with Gasteiger partial charge in [-0.2, -0.15) is 0 Å². The summed E-state index contributed by atoms with van der Waals surface area (Å²) in [7, 11) is 1.77. The van der Waals surface area contributed by atoms with Crippen LogP contribution in [0.2, 0.25) is 0 Å². The van der Waals surface area contributed by atoms with E-state index in [-0.39, 0.29) is 17.6 Å². The van der Waals surface area contributed by atoms with Gasteiger partial charge in [0.25, 0.3) is 11.6 Å². The summed E-state index contributed by atoms with van der Waals surface area (Å²) in [5.41, 5.74) is 0.269. The fraction of sp³-hybridized carbons (Fsp3) is 0.500. The number of nitro benzene ring substituents is 1. The van der Waals surface area contributed by atoms with E-state index in [1.807, 2.05) is 11.8 Å². The molecule has 0 saturated heterocycles. The van der Waals surface area contributed by atoms with Gasteiger partial charge in [0.1, 0.15) is 6.33 Å². The van der Waals surface area contributed by atoms with Crippen molar-refractivity contribution < 1.29 is 9.72 Å². The lowest BCUT2D eigenvalue weighted by Crippen LogP contribution is -2.41. The summed E-state index contributed by atoms with van der Waals surface area (Å²) in [5.74, 6) is -0.136. The maximum atomic E-state index is 13.0. The van der Waals surface area contributed by atoms with Crippen molar-refractivity contribution in [2.24, 2.45) is 7.05 Å². The van der Waals surface area contributed by atoms with Crippen molar-refractivity contribution in [2.75, 3.05) is 6.54 Å². The first-order valence-electron chi connectivity index (χ1n) is 9.12. The van der Waals surface area contributed by atoms with Crippen molar-refractivity contribution in [3.63, 3.8) is 0 Å². The first-order valence-corrected chi connectivity index (χ1v) is 9.94. The molecule has 1 aliphatic rings. The standard InChI is InChI=1S/C18H23N5O3S/c1-3-22(14-7-5-4-6-8-14)17(24)13-9-10-16(15(11-13)23(25)26)27-18-20-19-12-21(18)2/h9-12,14H,3-8H2,1-2H3. The molecular weight excluding hydrogens is 366 g/mol. The average Bonchev–Trinajstić information content (AvgIpc) is 3.08. The second-order valence-corrected chi connectivity index (χ2v) is 7.66. The third-order valence-corrected chi connectivity index (χ3v) is 6.01. The fourth-order valence-electron chi connectivity index (χ4n) is 3.47. The van der Waals surface area contributed by atoms with Crippen LogP contribution in [0.4, 0.5) is 5.69 Å². The van der Waals surface area contributed by atoms with Crippen molar-refractivity contribution in [1.82, 2.24) is 19.7 Å². The Labute approximate surface area is 162 Å². The van der Waals surface area contributed by atoms with E-state index in [9.17, 15) is 14.9 Å². The van der Waals surface area contributed by atoms with Gasteiger partial charge in [-0.15, -0.1) is 10.2 Å². The molecule has 27 heavy (non-hydrogen) atoms. The van der Waals surface area contributed by atoms with Crippen LogP contribution < -0.4 is 0 Å². The zero-order chi connectivity index (χ0) is 19.4. The Balaban J connectivity index is 1.87. The van der Waals surface area contributed by atoms with Crippen LogP contribution in [0.1, 0.15) is 49.4 Å². The van der Waals surface area contributed by atoms with Gasteiger partial charge in [0, 0.05) is 31.3 Å². The van der Waals surface area contributed by atoms with Gasteiger partial charge in [-0.05, 0) is 43.7 Å². The van der Waals surface area contributed by atoms with Gasteiger partial charge in [0.15, 0.2) is 5.16 Å². The summed E-state index contributed by atoms with van der Waals surface area (Å²) >= 11 is 1.16. The van der Waals surface area contributed by atoms with E-state index >= 15 is 0 Å². The number of carbonyl (C=O) groups excluding carboxylic acids is 1. The molecular formula is C18H23N5O3S. The molecule has 1 saturated carbocycles. The minimum atomic E-state index is -0.452. The van der Waals surface area contributed by atoms with E-state index in [1.165, 1.54) is 18.8 Å². The zero-order valence-corrected chi connectivity index (χ0v) is 16.3. The van der Waals surface area contributed by atoms with Crippen molar-refractivity contribution in [2.45, 2.75) is 55.1 Å². The monoisotopic (exact) mass is 389 g/mol. The number of benzene rings is 1. The highest BCUT2D eigenvalue weighted by Crippen LogP contribution is 2.34. The molecule has 0 bridgehead atoms. The number of carbonyl (C=O) groups is 1. The number of rotatable bonds is 6. The van der Waals surface area contributed by atoms with Crippen LogP contribution in [-0.2, 0) is 7.05 Å². The molecule has 1 aliphatic carbocycles. The molecule has 0 atom stereocenters. The smallest absolute Gasteiger partial charge is 0.284 e. The Kier molecular flexibility index (Phi) is 6.10. The van der Waals surface area contributed by atoms with Crippen molar-refractivity contribution in [3.8, 4) is 0 Å². The van der Waals surface area contributed by atoms with Crippen LogP contribution in [-0.4, -0.2) is 43.1 Å². The largest absolute Gasteiger partial charge is 0.336 e. The minimum Gasteiger partial charge on any atom is -0.336 e. The molecule has 1 amide bonds. The highest BCUT2D eigenvalue weighted by atomic mass is 32.2. The lowest BCUT2D eigenvalue weighted by molar-refractivity contribution is -0.387. The maximum Gasteiger partial charge on any atom is 0.284 e. The number of nitrogens with zero attached hydrogens (tertiary/aromatic N) is 5. The molecule has 144 valence electrons. The normalized spacial score (nSPS) is 14.9. The number of aryl methyl sites for hydroxylation is 1. The van der Waals surface area contributed by atoms with Crippen LogP contribution >= 0.6 is 11.8 Å². The lowest BCUT2D eigenvalue weighted by atomic mass is 9.93. The Morgan fingerprint density at radius 1 is 1.37 bits per heavy atom. The zero-order valence-electron chi connectivity index (χ0n) is 15.5. The first kappa shape index (κ1) is 19.3. The highest BCUT2D eigenvalue weighted by molar-refractivity contribution is 7.99. The Hall–Kier alpha value is -2.42. The molecule has 9 heteroatoms. The molecule has 1 heterocycles. The van der Waals surface area contributed by atoms with Gasteiger partial charge in [-0.1, -0.05) is 19.3 Å². The van der Waals surface area contributed by atoms with E-state index < -0.39 is 4.92 Å². The Morgan fingerprint density at radius 3 is 2.70 bits per heavy atom. The second-order valence-electron chi connectivity index (χ2n) is 6.65. The highest BCUT2D eigenvalue weighted by Gasteiger charge is 2.27. The Morgan fingerprint density at radius 2 is 2.11 bits per heavy atom. The first-order chi connectivity index (χ1) is 13.0. The number of aromatic nitrogens is 3. The topological polar surface area (TPSA) is 94.2 Å². The van der Waals surface area contributed by atoms with Gasteiger partial charge in [-0.3, -0.25) is 14.9 Å². The maximum absolute atomic E-state index is 13.0. The summed E-state index contributed by atoms with van der Waals surface area (Å²) in [4.78, 5) is 26.4. The molecule has 0 unspecified atom stereocenters. The van der Waals surface area contributed by atoms with E-state index in [2.05, 4.69) is 10.2 Å². The second kappa shape index (κ2) is 8.51. The predicted molar refractivity (Wildman–Crippen MR) is 102 cm³/mol. The van der Waals surface area contributed by atoms with E-state index in [0.29, 0.717) is 22.2 Å². The third kappa shape index (κ3) is 4.29. The molecule has 8 nitrogen and oxygen atoms in total. The molecule has 1 aromatic carbocycles. The van der Waals surface area contributed by atoms with Crippen molar-refractivity contribution in [3.05, 3.63) is 40.2 Å². The number of nitro groups is 1. The quantitative estimate of drug-likeness (QED) is 0.553. The van der Waals surface area contributed by atoms with E-state index in [1.54, 1.807) is 23.7 Å². The SMILES string of the molecule is CCN(C(=O)c1ccc(Sc2nncn2C)c([N+](=O)[O-])c1)C1CCCCC1. The van der Waals surface area contributed by atoms with Crippen molar-refractivity contribution in [1.29, 1.82) is 0 Å². The number of amides is 1. The van der Waals surface area contributed by atoms with Crippen molar-refractivity contribution >= 4 is 23.4 Å². The van der Waals surface area contributed by atoms with Gasteiger partial charge in [0.2, 0.25) is 0 Å². The molecule has 0 spiro atoms. The van der Waals surface area contributed by atoms with Gasteiger partial charge in [0.05, 0.1) is 9.82 Å². The molecule has 0 N–H and O–H groups in total. The fourth-order valence-corrected chi connectivity index (χ4v) is 4.32. The molecule has 3 rings (SSSR count). The van der Waals surface area contributed by atoms with E-state index in [0.717, 1.165) is 37.4 Å².